The van der Waals surface area contributed by atoms with Crippen molar-refractivity contribution in [3.63, 3.8) is 0 Å². The fourth-order valence-corrected chi connectivity index (χ4v) is 4.32. The molecule has 0 unspecified atom stereocenters. The average molecular weight is 439 g/mol. The molecule has 1 aromatic heterocycles. The van der Waals surface area contributed by atoms with E-state index in [1.54, 1.807) is 7.11 Å². The maximum Gasteiger partial charge on any atom is 0.267 e. The first kappa shape index (κ1) is 21.9. The highest BCUT2D eigenvalue weighted by atomic mass is 16.5. The van der Waals surface area contributed by atoms with Crippen molar-refractivity contribution < 1.29 is 14.3 Å². The van der Waals surface area contributed by atoms with Crippen molar-refractivity contribution >= 4 is 17.5 Å². The number of rotatable bonds is 7. The van der Waals surface area contributed by atoms with Crippen LogP contribution in [0.1, 0.15) is 54.8 Å². The van der Waals surface area contributed by atoms with E-state index >= 15 is 0 Å². The molecule has 4 rings (SSSR count). The second kappa shape index (κ2) is 9.42. The van der Waals surface area contributed by atoms with E-state index in [1.807, 2.05) is 41.1 Å². The highest BCUT2D eigenvalue weighted by Gasteiger charge is 2.29. The number of piperidine rings is 1. The summed E-state index contributed by atoms with van der Waals surface area (Å²) in [6.45, 7) is 4.87. The number of H-pyrrole nitrogens is 1. The lowest BCUT2D eigenvalue weighted by Gasteiger charge is -2.32. The van der Waals surface area contributed by atoms with Gasteiger partial charge in [0.2, 0.25) is 5.91 Å². The molecule has 2 amide bonds. The fraction of sp³-hybridized carbons (Fsp3) is 0.478. The summed E-state index contributed by atoms with van der Waals surface area (Å²) >= 11 is 0. The fourth-order valence-electron chi connectivity index (χ4n) is 4.32. The van der Waals surface area contributed by atoms with Gasteiger partial charge >= 0.3 is 0 Å². The number of hydrogen-bond acceptors (Lipinski definition) is 6. The summed E-state index contributed by atoms with van der Waals surface area (Å²) in [5.74, 6) is 1.03. The summed E-state index contributed by atoms with van der Waals surface area (Å²) in [6, 6.07) is 7.34. The number of ether oxygens (including phenoxy) is 1. The van der Waals surface area contributed by atoms with Crippen LogP contribution in [-0.2, 0) is 4.79 Å². The van der Waals surface area contributed by atoms with Gasteiger partial charge in [0.05, 0.1) is 7.11 Å². The topological polar surface area (TPSA) is 117 Å². The summed E-state index contributed by atoms with van der Waals surface area (Å²) < 4.78 is 5.21. The first-order chi connectivity index (χ1) is 15.4. The van der Waals surface area contributed by atoms with Gasteiger partial charge in [-0.1, -0.05) is 0 Å². The van der Waals surface area contributed by atoms with E-state index in [-0.39, 0.29) is 17.5 Å². The van der Waals surface area contributed by atoms with Gasteiger partial charge in [0.1, 0.15) is 23.0 Å². The van der Waals surface area contributed by atoms with Crippen LogP contribution in [0.15, 0.2) is 29.4 Å². The van der Waals surface area contributed by atoms with E-state index < -0.39 is 5.91 Å². The number of likely N-dealkylation sites (tertiary alicyclic amines) is 1. The molecule has 3 N–H and O–H groups in total. The van der Waals surface area contributed by atoms with Crippen molar-refractivity contribution in [1.29, 1.82) is 0 Å². The van der Waals surface area contributed by atoms with Crippen LogP contribution in [0.4, 0.5) is 0 Å². The smallest absolute Gasteiger partial charge is 0.267 e. The number of hydrogen-bond donors (Lipinski definition) is 2. The first-order valence-corrected chi connectivity index (χ1v) is 11.1. The molecule has 170 valence electrons. The number of benzene rings is 1. The first-order valence-electron chi connectivity index (χ1n) is 11.1. The van der Waals surface area contributed by atoms with Gasteiger partial charge in [-0.3, -0.25) is 14.6 Å². The van der Waals surface area contributed by atoms with E-state index in [0.717, 1.165) is 49.4 Å². The number of carbonyl (C=O) groups excluding carboxylic acids is 2. The molecule has 0 bridgehead atoms. The number of amides is 2. The summed E-state index contributed by atoms with van der Waals surface area (Å²) in [6.07, 6.45) is 3.21. The average Bonchev–Trinajstić information content (AvgIpc) is 3.44. The van der Waals surface area contributed by atoms with Crippen LogP contribution < -0.4 is 10.5 Å². The number of nitrogens with zero attached hydrogens (tertiary/aromatic N) is 4. The van der Waals surface area contributed by atoms with Crippen molar-refractivity contribution in [2.75, 3.05) is 33.3 Å². The van der Waals surface area contributed by atoms with E-state index in [2.05, 4.69) is 10.1 Å². The molecule has 0 radical (unpaired) electrons. The van der Waals surface area contributed by atoms with Gasteiger partial charge in [-0.2, -0.15) is 5.10 Å². The minimum atomic E-state index is -0.556. The Labute approximate surface area is 187 Å². The largest absolute Gasteiger partial charge is 0.497 e. The van der Waals surface area contributed by atoms with Crippen LogP contribution in [0.2, 0.25) is 0 Å². The molecule has 9 nitrogen and oxygen atoms in total. The number of methoxy groups -OCH3 is 1. The van der Waals surface area contributed by atoms with Crippen molar-refractivity contribution in [3.8, 4) is 17.0 Å². The Bertz CT molecular complexity index is 1010. The third kappa shape index (κ3) is 4.76. The number of imidazole rings is 1. The molecule has 0 spiro atoms. The summed E-state index contributed by atoms with van der Waals surface area (Å²) in [5, 5.41) is 6.42. The molecule has 2 aromatic rings. The minimum absolute atomic E-state index is 0.0323. The van der Waals surface area contributed by atoms with Crippen LogP contribution in [0, 0.1) is 0 Å². The molecule has 3 heterocycles. The molecule has 1 saturated heterocycles. The van der Waals surface area contributed by atoms with Crippen molar-refractivity contribution in [1.82, 2.24) is 19.9 Å². The molecule has 0 aliphatic carbocycles. The number of carbonyl (C=O) groups is 2. The van der Waals surface area contributed by atoms with Crippen molar-refractivity contribution in [2.45, 2.75) is 38.5 Å². The monoisotopic (exact) mass is 438 g/mol. The summed E-state index contributed by atoms with van der Waals surface area (Å²) in [4.78, 5) is 34.6. The van der Waals surface area contributed by atoms with Gasteiger partial charge in [0, 0.05) is 56.2 Å². The standard InChI is InChI=1S/C23H30N6O3/c1-15-9-12-29(27-15)13-10-19(30)28-11-3-4-17(14-28)23-25-20(21(26-23)22(24)31)16-5-7-18(32-2)8-6-16/h5-8,17H,3-4,9-14H2,1-2H3,(H2,24,31)(H,25,26)/t17-/m1/s1. The third-order valence-electron chi connectivity index (χ3n) is 6.12. The highest BCUT2D eigenvalue weighted by Crippen LogP contribution is 2.30. The SMILES string of the molecule is COc1ccc(-c2nc([C@@H]3CCCN(C(=O)CCN4CCC(C)=N4)C3)[nH]c2C(N)=O)cc1. The van der Waals surface area contributed by atoms with Crippen LogP contribution in [0.25, 0.3) is 11.3 Å². The summed E-state index contributed by atoms with van der Waals surface area (Å²) in [5.41, 5.74) is 8.34. The number of nitrogens with one attached hydrogen (secondary N) is 1. The minimum Gasteiger partial charge on any atom is -0.497 e. The molecule has 0 saturated carbocycles. The summed E-state index contributed by atoms with van der Waals surface area (Å²) in [7, 11) is 1.60. The van der Waals surface area contributed by atoms with E-state index in [9.17, 15) is 9.59 Å². The molecule has 2 aliphatic heterocycles. The Balaban J connectivity index is 1.46. The van der Waals surface area contributed by atoms with Gasteiger partial charge in [-0.15, -0.1) is 0 Å². The van der Waals surface area contributed by atoms with Gasteiger partial charge < -0.3 is 20.4 Å². The number of aromatic nitrogens is 2. The number of primary amides is 1. The van der Waals surface area contributed by atoms with Gasteiger partial charge in [0.25, 0.3) is 5.91 Å². The molecule has 1 atom stereocenters. The molecule has 2 aliphatic rings. The third-order valence-corrected chi connectivity index (χ3v) is 6.12. The zero-order chi connectivity index (χ0) is 22.7. The molecular formula is C23H30N6O3. The highest BCUT2D eigenvalue weighted by molar-refractivity contribution is 5.97. The second-order valence-corrected chi connectivity index (χ2v) is 8.41. The predicted molar refractivity (Wildman–Crippen MR) is 122 cm³/mol. The number of aromatic amines is 1. The van der Waals surface area contributed by atoms with Gasteiger partial charge in [-0.25, -0.2) is 4.98 Å². The van der Waals surface area contributed by atoms with Crippen molar-refractivity contribution in [2.24, 2.45) is 10.8 Å². The van der Waals surface area contributed by atoms with E-state index in [4.69, 9.17) is 15.5 Å². The zero-order valence-electron chi connectivity index (χ0n) is 18.6. The van der Waals surface area contributed by atoms with E-state index in [0.29, 0.717) is 31.0 Å². The Morgan fingerprint density at radius 2 is 2.03 bits per heavy atom. The van der Waals surface area contributed by atoms with Gasteiger partial charge in [-0.05, 0) is 44.0 Å². The quantitative estimate of drug-likeness (QED) is 0.688. The van der Waals surface area contributed by atoms with E-state index in [1.165, 1.54) is 0 Å². The number of nitrogens with two attached hydrogens (primary N) is 1. The second-order valence-electron chi connectivity index (χ2n) is 8.41. The predicted octanol–water partition coefficient (Wildman–Crippen LogP) is 2.36. The Morgan fingerprint density at radius 3 is 2.69 bits per heavy atom. The Hall–Kier alpha value is -3.36. The molecule has 1 fully saturated rings. The van der Waals surface area contributed by atoms with Gasteiger partial charge in [0.15, 0.2) is 0 Å². The molecule has 1 aromatic carbocycles. The maximum atomic E-state index is 12.8. The lowest BCUT2D eigenvalue weighted by molar-refractivity contribution is -0.132. The molecule has 32 heavy (non-hydrogen) atoms. The van der Waals surface area contributed by atoms with Crippen LogP contribution in [0.3, 0.4) is 0 Å². The molecular weight excluding hydrogens is 408 g/mol. The lowest BCUT2D eigenvalue weighted by atomic mass is 9.97. The Kier molecular flexibility index (Phi) is 6.43. The Morgan fingerprint density at radius 1 is 1.25 bits per heavy atom. The molecule has 9 heteroatoms. The zero-order valence-corrected chi connectivity index (χ0v) is 18.6. The van der Waals surface area contributed by atoms with Crippen LogP contribution in [0.5, 0.6) is 5.75 Å². The normalized spacial score (nSPS) is 18.6. The lowest BCUT2D eigenvalue weighted by Crippen LogP contribution is -2.40. The van der Waals surface area contributed by atoms with Crippen LogP contribution in [-0.4, -0.2) is 70.7 Å². The van der Waals surface area contributed by atoms with Crippen LogP contribution >= 0.6 is 0 Å². The number of hydrazone groups is 1. The maximum absolute atomic E-state index is 12.8. The van der Waals surface area contributed by atoms with Crippen molar-refractivity contribution in [3.05, 3.63) is 35.8 Å².